The van der Waals surface area contributed by atoms with Crippen LogP contribution in [0.2, 0.25) is 0 Å². The molecule has 23 heavy (non-hydrogen) atoms. The average Bonchev–Trinajstić information content (AvgIpc) is 2.92. The summed E-state index contributed by atoms with van der Waals surface area (Å²) in [7, 11) is 0. The van der Waals surface area contributed by atoms with Gasteiger partial charge in [0.05, 0.1) is 6.07 Å². The predicted octanol–water partition coefficient (Wildman–Crippen LogP) is 4.64. The summed E-state index contributed by atoms with van der Waals surface area (Å²) in [5.74, 6) is 0. The highest BCUT2D eigenvalue weighted by Crippen LogP contribution is 2.33. The van der Waals surface area contributed by atoms with Crippen LogP contribution >= 0.6 is 15.9 Å². The van der Waals surface area contributed by atoms with E-state index >= 15 is 0 Å². The van der Waals surface area contributed by atoms with Crippen molar-refractivity contribution in [3.05, 3.63) is 58.7 Å². The van der Waals surface area contributed by atoms with Crippen molar-refractivity contribution in [2.24, 2.45) is 0 Å². The van der Waals surface area contributed by atoms with Crippen molar-refractivity contribution in [2.75, 3.05) is 13.1 Å². The van der Waals surface area contributed by atoms with Crippen molar-refractivity contribution in [3.63, 3.8) is 0 Å². The molecule has 0 fully saturated rings. The highest BCUT2D eigenvalue weighted by atomic mass is 79.9. The minimum Gasteiger partial charge on any atom is -0.358 e. The molecule has 2 aromatic carbocycles. The maximum Gasteiger partial charge on any atom is 0.0635 e. The molecule has 0 spiro atoms. The molecule has 116 valence electrons. The molecule has 0 aliphatic carbocycles. The second-order valence-corrected chi connectivity index (χ2v) is 6.36. The van der Waals surface area contributed by atoms with Gasteiger partial charge in [-0.2, -0.15) is 5.26 Å². The smallest absolute Gasteiger partial charge is 0.0635 e. The third-order valence-corrected chi connectivity index (χ3v) is 4.36. The number of hydrogen-bond donors (Lipinski definition) is 2. The molecule has 0 aliphatic rings. The number of H-pyrrole nitrogens is 1. The van der Waals surface area contributed by atoms with Crippen LogP contribution < -0.4 is 5.32 Å². The third kappa shape index (κ3) is 3.64. The van der Waals surface area contributed by atoms with Gasteiger partial charge >= 0.3 is 0 Å². The number of rotatable bonds is 6. The molecule has 3 rings (SSSR count). The molecule has 0 unspecified atom stereocenters. The van der Waals surface area contributed by atoms with Crippen molar-refractivity contribution in [1.29, 1.82) is 5.26 Å². The van der Waals surface area contributed by atoms with Crippen LogP contribution in [0.4, 0.5) is 0 Å². The summed E-state index contributed by atoms with van der Waals surface area (Å²) in [5.41, 5.74) is 4.88. The third-order valence-electron chi connectivity index (χ3n) is 3.87. The Labute approximate surface area is 144 Å². The van der Waals surface area contributed by atoms with Crippen molar-refractivity contribution >= 4 is 26.8 Å². The van der Waals surface area contributed by atoms with Crippen LogP contribution in [0.1, 0.15) is 12.1 Å². The number of aromatic amines is 1. The van der Waals surface area contributed by atoms with Crippen LogP contribution in [-0.2, 0) is 6.42 Å². The van der Waals surface area contributed by atoms with Gasteiger partial charge in [-0.05, 0) is 17.7 Å². The number of hydrogen-bond acceptors (Lipinski definition) is 2. The zero-order valence-electron chi connectivity index (χ0n) is 12.8. The molecule has 2 N–H and O–H groups in total. The maximum absolute atomic E-state index is 8.60. The molecule has 0 atom stereocenters. The summed E-state index contributed by atoms with van der Waals surface area (Å²) < 4.78 is 1.07. The highest BCUT2D eigenvalue weighted by Gasteiger charge is 2.13. The number of benzene rings is 2. The lowest BCUT2D eigenvalue weighted by molar-refractivity contribution is 0.688. The van der Waals surface area contributed by atoms with E-state index in [0.29, 0.717) is 6.42 Å². The normalized spacial score (nSPS) is 10.8. The van der Waals surface area contributed by atoms with E-state index in [1.165, 1.54) is 22.2 Å². The van der Waals surface area contributed by atoms with Gasteiger partial charge in [-0.15, -0.1) is 0 Å². The Morgan fingerprint density at radius 1 is 1.09 bits per heavy atom. The molecule has 1 aromatic heterocycles. The van der Waals surface area contributed by atoms with Crippen molar-refractivity contribution in [2.45, 2.75) is 12.8 Å². The Bertz CT molecular complexity index is 831. The van der Waals surface area contributed by atoms with Crippen LogP contribution in [0.25, 0.3) is 22.0 Å². The van der Waals surface area contributed by atoms with E-state index in [4.69, 9.17) is 5.26 Å². The highest BCUT2D eigenvalue weighted by molar-refractivity contribution is 9.10. The van der Waals surface area contributed by atoms with Crippen LogP contribution in [0.3, 0.4) is 0 Å². The van der Waals surface area contributed by atoms with Gasteiger partial charge in [-0.3, -0.25) is 0 Å². The van der Waals surface area contributed by atoms with Gasteiger partial charge in [0.2, 0.25) is 0 Å². The number of halogens is 1. The summed E-state index contributed by atoms with van der Waals surface area (Å²) in [5, 5.41) is 13.2. The Morgan fingerprint density at radius 3 is 2.70 bits per heavy atom. The Balaban J connectivity index is 1.94. The second kappa shape index (κ2) is 7.45. The SMILES string of the molecule is N#CCCNCCc1[nH]c2cc(Br)ccc2c1-c1ccccc1. The molecular weight excluding hydrogens is 350 g/mol. The lowest BCUT2D eigenvalue weighted by Gasteiger charge is -2.06. The van der Waals surface area contributed by atoms with Gasteiger partial charge in [-0.1, -0.05) is 52.3 Å². The largest absolute Gasteiger partial charge is 0.358 e. The van der Waals surface area contributed by atoms with E-state index in [1.807, 2.05) is 6.07 Å². The standard InChI is InChI=1S/C19H18BrN3/c20-15-7-8-16-18(13-15)23-17(9-12-22-11-4-10-21)19(16)14-5-2-1-3-6-14/h1-3,5-8,13,22-23H,4,9,11-12H2. The number of aromatic nitrogens is 1. The summed E-state index contributed by atoms with van der Waals surface area (Å²) in [6, 6.07) is 19.0. The van der Waals surface area contributed by atoms with Crippen LogP contribution in [0.5, 0.6) is 0 Å². The quantitative estimate of drug-likeness (QED) is 0.623. The molecule has 0 aliphatic heterocycles. The number of nitrogens with one attached hydrogen (secondary N) is 2. The van der Waals surface area contributed by atoms with Gasteiger partial charge in [0.1, 0.15) is 0 Å². The van der Waals surface area contributed by atoms with E-state index in [-0.39, 0.29) is 0 Å². The van der Waals surface area contributed by atoms with E-state index in [1.54, 1.807) is 0 Å². The Morgan fingerprint density at radius 2 is 1.91 bits per heavy atom. The Kier molecular flexibility index (Phi) is 5.12. The van der Waals surface area contributed by atoms with Crippen molar-refractivity contribution in [1.82, 2.24) is 10.3 Å². The van der Waals surface area contributed by atoms with Gasteiger partial charge < -0.3 is 10.3 Å². The molecule has 4 heteroatoms. The molecular formula is C19H18BrN3. The summed E-state index contributed by atoms with van der Waals surface area (Å²) in [6.07, 6.45) is 1.45. The molecule has 0 saturated heterocycles. The van der Waals surface area contributed by atoms with Gasteiger partial charge in [0.15, 0.2) is 0 Å². The zero-order valence-corrected chi connectivity index (χ0v) is 14.4. The lowest BCUT2D eigenvalue weighted by atomic mass is 10.0. The van der Waals surface area contributed by atoms with E-state index in [0.717, 1.165) is 29.5 Å². The fourth-order valence-corrected chi connectivity index (χ4v) is 3.19. The fourth-order valence-electron chi connectivity index (χ4n) is 2.83. The van der Waals surface area contributed by atoms with Crippen molar-refractivity contribution < 1.29 is 0 Å². The van der Waals surface area contributed by atoms with E-state index in [2.05, 4.69) is 74.8 Å². The topological polar surface area (TPSA) is 51.6 Å². The molecule has 0 radical (unpaired) electrons. The minimum absolute atomic E-state index is 0.547. The second-order valence-electron chi connectivity index (χ2n) is 5.44. The number of fused-ring (bicyclic) bond motifs is 1. The first-order valence-corrected chi connectivity index (χ1v) is 8.52. The molecule has 0 bridgehead atoms. The first-order chi connectivity index (χ1) is 11.3. The maximum atomic E-state index is 8.60. The van der Waals surface area contributed by atoms with E-state index < -0.39 is 0 Å². The first kappa shape index (κ1) is 15.8. The van der Waals surface area contributed by atoms with Crippen molar-refractivity contribution in [3.8, 4) is 17.2 Å². The predicted molar refractivity (Wildman–Crippen MR) is 98.2 cm³/mol. The summed E-state index contributed by atoms with van der Waals surface area (Å²) in [6.45, 7) is 1.60. The number of nitriles is 1. The molecule has 0 amide bonds. The van der Waals surface area contributed by atoms with Gasteiger partial charge in [0, 0.05) is 52.6 Å². The average molecular weight is 368 g/mol. The van der Waals surface area contributed by atoms with Crippen LogP contribution in [0, 0.1) is 11.3 Å². The first-order valence-electron chi connectivity index (χ1n) is 7.73. The minimum atomic E-state index is 0.547. The van der Waals surface area contributed by atoms with Gasteiger partial charge in [0.25, 0.3) is 0 Å². The molecule has 1 heterocycles. The number of nitrogens with zero attached hydrogens (tertiary/aromatic N) is 1. The molecule has 3 aromatic rings. The summed E-state index contributed by atoms with van der Waals surface area (Å²) in [4.78, 5) is 3.56. The fraction of sp³-hybridized carbons (Fsp3) is 0.211. The Hall–Kier alpha value is -2.09. The summed E-state index contributed by atoms with van der Waals surface area (Å²) >= 11 is 3.54. The van der Waals surface area contributed by atoms with Crippen LogP contribution in [0.15, 0.2) is 53.0 Å². The van der Waals surface area contributed by atoms with E-state index in [9.17, 15) is 0 Å². The molecule has 0 saturated carbocycles. The zero-order chi connectivity index (χ0) is 16.1. The molecule has 3 nitrogen and oxygen atoms in total. The monoisotopic (exact) mass is 367 g/mol. The van der Waals surface area contributed by atoms with Gasteiger partial charge in [-0.25, -0.2) is 0 Å². The lowest BCUT2D eigenvalue weighted by Crippen LogP contribution is -2.18. The van der Waals surface area contributed by atoms with Crippen LogP contribution in [-0.4, -0.2) is 18.1 Å².